The molecule has 0 radical (unpaired) electrons. The number of aliphatic imine (C=N–C) groups is 1. The first-order valence-electron chi connectivity index (χ1n) is 11.8. The van der Waals surface area contributed by atoms with E-state index < -0.39 is 0 Å². The highest BCUT2D eigenvalue weighted by molar-refractivity contribution is 5.79. The Kier molecular flexibility index (Phi) is 9.39. The quantitative estimate of drug-likeness (QED) is 0.372. The number of likely N-dealkylation sites (N-methyl/N-ethyl adjacent to an activating group) is 1. The standard InChI is InChI=1S/C23H39N7O/c1-3-24-23(26-12-8-14-29-13-6-4-5-10-21(29)31)27-19-20-9-7-11-25-22(20)30-17-15-28(2)16-18-30/h7,9,11H,3-6,8,10,12-19H2,1-2H3,(H2,24,26,27). The van der Waals surface area contributed by atoms with Crippen LogP contribution in [0.25, 0.3) is 0 Å². The van der Waals surface area contributed by atoms with Crippen LogP contribution in [0.3, 0.4) is 0 Å². The van der Waals surface area contributed by atoms with Gasteiger partial charge in [-0.05, 0) is 39.3 Å². The average Bonchev–Trinajstić information content (AvgIpc) is 2.99. The van der Waals surface area contributed by atoms with E-state index in [0.717, 1.165) is 89.0 Å². The Morgan fingerprint density at radius 1 is 1.13 bits per heavy atom. The molecule has 2 fully saturated rings. The lowest BCUT2D eigenvalue weighted by atomic mass is 10.2. The molecule has 8 heteroatoms. The van der Waals surface area contributed by atoms with Gasteiger partial charge >= 0.3 is 0 Å². The molecule has 2 aliphatic rings. The van der Waals surface area contributed by atoms with E-state index in [4.69, 9.17) is 4.99 Å². The molecule has 1 aromatic heterocycles. The van der Waals surface area contributed by atoms with Gasteiger partial charge in [0.1, 0.15) is 5.82 Å². The summed E-state index contributed by atoms with van der Waals surface area (Å²) in [6.07, 6.45) is 6.84. The van der Waals surface area contributed by atoms with Crippen molar-refractivity contribution < 1.29 is 4.79 Å². The summed E-state index contributed by atoms with van der Waals surface area (Å²) in [5.74, 6) is 2.18. The fourth-order valence-electron chi connectivity index (χ4n) is 4.11. The van der Waals surface area contributed by atoms with Crippen LogP contribution in [0.2, 0.25) is 0 Å². The predicted molar refractivity (Wildman–Crippen MR) is 126 cm³/mol. The van der Waals surface area contributed by atoms with E-state index in [2.05, 4.69) is 45.5 Å². The number of carbonyl (C=O) groups is 1. The van der Waals surface area contributed by atoms with Crippen LogP contribution in [0.4, 0.5) is 5.82 Å². The molecule has 31 heavy (non-hydrogen) atoms. The lowest BCUT2D eigenvalue weighted by Gasteiger charge is -2.34. The van der Waals surface area contributed by atoms with Crippen LogP contribution in [0.1, 0.15) is 44.6 Å². The highest BCUT2D eigenvalue weighted by atomic mass is 16.2. The van der Waals surface area contributed by atoms with E-state index in [1.165, 1.54) is 6.42 Å². The number of piperazine rings is 1. The van der Waals surface area contributed by atoms with Gasteiger partial charge in [-0.1, -0.05) is 12.5 Å². The molecule has 0 atom stereocenters. The van der Waals surface area contributed by atoms with Gasteiger partial charge in [-0.25, -0.2) is 9.98 Å². The number of likely N-dealkylation sites (tertiary alicyclic amines) is 1. The van der Waals surface area contributed by atoms with Gasteiger partial charge < -0.3 is 25.3 Å². The van der Waals surface area contributed by atoms with Crippen molar-refractivity contribution in [2.24, 2.45) is 4.99 Å². The Bertz CT molecular complexity index is 716. The van der Waals surface area contributed by atoms with Crippen LogP contribution in [0.15, 0.2) is 23.3 Å². The van der Waals surface area contributed by atoms with Gasteiger partial charge in [0.2, 0.25) is 5.91 Å². The molecule has 2 N–H and O–H groups in total. The average molecular weight is 430 g/mol. The maximum Gasteiger partial charge on any atom is 0.222 e. The fraction of sp³-hybridized carbons (Fsp3) is 0.696. The van der Waals surface area contributed by atoms with Crippen LogP contribution in [-0.4, -0.2) is 86.1 Å². The number of nitrogens with zero attached hydrogens (tertiary/aromatic N) is 5. The molecule has 1 aromatic rings. The zero-order valence-electron chi connectivity index (χ0n) is 19.3. The smallest absolute Gasteiger partial charge is 0.222 e. The maximum absolute atomic E-state index is 12.1. The molecule has 0 bridgehead atoms. The van der Waals surface area contributed by atoms with Crippen molar-refractivity contribution in [2.75, 3.05) is 64.3 Å². The topological polar surface area (TPSA) is 76.1 Å². The number of amides is 1. The first-order chi connectivity index (χ1) is 15.2. The number of hydrogen-bond acceptors (Lipinski definition) is 5. The molecule has 0 aromatic carbocycles. The molecular weight excluding hydrogens is 390 g/mol. The van der Waals surface area contributed by atoms with E-state index in [1.807, 2.05) is 17.2 Å². The third-order valence-corrected chi connectivity index (χ3v) is 5.99. The first kappa shape index (κ1) is 23.3. The second-order valence-corrected chi connectivity index (χ2v) is 8.44. The summed E-state index contributed by atoms with van der Waals surface area (Å²) in [5.41, 5.74) is 1.15. The van der Waals surface area contributed by atoms with Gasteiger partial charge in [0.25, 0.3) is 0 Å². The lowest BCUT2D eigenvalue weighted by Crippen LogP contribution is -2.45. The molecule has 0 spiro atoms. The Balaban J connectivity index is 1.52. The molecule has 0 saturated carbocycles. The number of guanidine groups is 1. The van der Waals surface area contributed by atoms with Crippen LogP contribution >= 0.6 is 0 Å². The van der Waals surface area contributed by atoms with Crippen molar-refractivity contribution in [3.63, 3.8) is 0 Å². The minimum Gasteiger partial charge on any atom is -0.357 e. The second-order valence-electron chi connectivity index (χ2n) is 8.44. The van der Waals surface area contributed by atoms with Crippen LogP contribution in [-0.2, 0) is 11.3 Å². The highest BCUT2D eigenvalue weighted by Gasteiger charge is 2.18. The van der Waals surface area contributed by atoms with Gasteiger partial charge in [0.15, 0.2) is 5.96 Å². The molecule has 0 aliphatic carbocycles. The highest BCUT2D eigenvalue weighted by Crippen LogP contribution is 2.19. The van der Waals surface area contributed by atoms with Gasteiger partial charge in [-0.15, -0.1) is 0 Å². The van der Waals surface area contributed by atoms with Crippen molar-refractivity contribution in [3.8, 4) is 0 Å². The van der Waals surface area contributed by atoms with E-state index in [1.54, 1.807) is 0 Å². The number of anilines is 1. The lowest BCUT2D eigenvalue weighted by molar-refractivity contribution is -0.130. The SMILES string of the molecule is CCNC(=NCc1cccnc1N1CCN(C)CC1)NCCCN1CCCCCC1=O. The van der Waals surface area contributed by atoms with E-state index in [0.29, 0.717) is 18.9 Å². The maximum atomic E-state index is 12.1. The zero-order valence-corrected chi connectivity index (χ0v) is 19.3. The summed E-state index contributed by atoms with van der Waals surface area (Å²) >= 11 is 0. The van der Waals surface area contributed by atoms with E-state index >= 15 is 0 Å². The molecule has 3 heterocycles. The number of carbonyl (C=O) groups excluding carboxylic acids is 1. The number of rotatable bonds is 8. The summed E-state index contributed by atoms with van der Waals surface area (Å²) in [4.78, 5) is 28.3. The third-order valence-electron chi connectivity index (χ3n) is 5.99. The second kappa shape index (κ2) is 12.5. The summed E-state index contributed by atoms with van der Waals surface area (Å²) < 4.78 is 0. The largest absolute Gasteiger partial charge is 0.357 e. The zero-order chi connectivity index (χ0) is 21.9. The van der Waals surface area contributed by atoms with Crippen molar-refractivity contribution >= 4 is 17.7 Å². The van der Waals surface area contributed by atoms with Crippen LogP contribution < -0.4 is 15.5 Å². The van der Waals surface area contributed by atoms with E-state index in [-0.39, 0.29) is 0 Å². The fourth-order valence-corrected chi connectivity index (χ4v) is 4.11. The predicted octanol–water partition coefficient (Wildman–Crippen LogP) is 1.68. The van der Waals surface area contributed by atoms with E-state index in [9.17, 15) is 4.79 Å². The minimum atomic E-state index is 0.311. The molecule has 0 unspecified atom stereocenters. The van der Waals surface area contributed by atoms with Crippen molar-refractivity contribution in [1.82, 2.24) is 25.4 Å². The Hall–Kier alpha value is -2.35. The minimum absolute atomic E-state index is 0.311. The molecule has 172 valence electrons. The van der Waals surface area contributed by atoms with Crippen molar-refractivity contribution in [2.45, 2.75) is 45.6 Å². The summed E-state index contributed by atoms with van der Waals surface area (Å²) in [6, 6.07) is 4.11. The molecule has 8 nitrogen and oxygen atoms in total. The summed E-state index contributed by atoms with van der Waals surface area (Å²) in [7, 11) is 2.16. The van der Waals surface area contributed by atoms with Gasteiger partial charge in [0, 0.05) is 70.5 Å². The van der Waals surface area contributed by atoms with Crippen LogP contribution in [0.5, 0.6) is 0 Å². The van der Waals surface area contributed by atoms with Crippen molar-refractivity contribution in [1.29, 1.82) is 0 Å². The third kappa shape index (κ3) is 7.38. The Labute approximate surface area is 187 Å². The Morgan fingerprint density at radius 2 is 1.97 bits per heavy atom. The number of nitrogens with one attached hydrogen (secondary N) is 2. The van der Waals surface area contributed by atoms with Gasteiger partial charge in [-0.2, -0.15) is 0 Å². The van der Waals surface area contributed by atoms with Gasteiger partial charge in [0.05, 0.1) is 6.54 Å². The summed E-state index contributed by atoms with van der Waals surface area (Å²) in [5, 5.41) is 6.76. The summed E-state index contributed by atoms with van der Waals surface area (Å²) in [6.45, 7) is 10.1. The first-order valence-corrected chi connectivity index (χ1v) is 11.8. The number of pyridine rings is 1. The Morgan fingerprint density at radius 3 is 2.77 bits per heavy atom. The molecule has 1 amide bonds. The monoisotopic (exact) mass is 429 g/mol. The molecular formula is C23H39N7O. The molecule has 3 rings (SSSR count). The molecule has 2 aliphatic heterocycles. The van der Waals surface area contributed by atoms with Crippen molar-refractivity contribution in [3.05, 3.63) is 23.9 Å². The number of aromatic nitrogens is 1. The van der Waals surface area contributed by atoms with Gasteiger partial charge in [-0.3, -0.25) is 4.79 Å². The molecule has 2 saturated heterocycles. The number of hydrogen-bond donors (Lipinski definition) is 2. The van der Waals surface area contributed by atoms with Crippen LogP contribution in [0, 0.1) is 0 Å². The normalized spacial score (nSPS) is 18.8.